The quantitative estimate of drug-likeness (QED) is 0.767. The smallest absolute Gasteiger partial charge is 0.0588 e. The molecule has 0 saturated carbocycles. The average Bonchev–Trinajstić information content (AvgIpc) is 2.95. The topological polar surface area (TPSA) is 24.5 Å². The van der Waals surface area contributed by atoms with Crippen LogP contribution in [0.25, 0.3) is 0 Å². The molecule has 2 aliphatic heterocycles. The van der Waals surface area contributed by atoms with Crippen molar-refractivity contribution in [1.29, 1.82) is 0 Å². The molecule has 100 valence electrons. The van der Waals surface area contributed by atoms with Gasteiger partial charge in [-0.1, -0.05) is 13.8 Å². The van der Waals surface area contributed by atoms with Crippen LogP contribution in [0.15, 0.2) is 0 Å². The minimum Gasteiger partial charge on any atom is -0.378 e. The maximum absolute atomic E-state index is 5.68. The van der Waals surface area contributed by atoms with Crippen molar-refractivity contribution < 1.29 is 4.74 Å². The first-order valence-corrected chi connectivity index (χ1v) is 7.31. The molecule has 0 aliphatic carbocycles. The molecule has 2 heterocycles. The zero-order chi connectivity index (χ0) is 12.1. The number of nitrogens with zero attached hydrogens (tertiary/aromatic N) is 1. The Labute approximate surface area is 106 Å². The van der Waals surface area contributed by atoms with Crippen molar-refractivity contribution in [2.45, 2.75) is 51.7 Å². The molecule has 0 aromatic rings. The fraction of sp³-hybridized carbons (Fsp3) is 1.00. The lowest BCUT2D eigenvalue weighted by Crippen LogP contribution is -2.31. The molecule has 2 unspecified atom stereocenters. The van der Waals surface area contributed by atoms with Gasteiger partial charge in [-0.2, -0.15) is 0 Å². The van der Waals surface area contributed by atoms with E-state index in [1.165, 1.54) is 51.9 Å². The first kappa shape index (κ1) is 13.3. The van der Waals surface area contributed by atoms with Crippen molar-refractivity contribution >= 4 is 0 Å². The highest BCUT2D eigenvalue weighted by Crippen LogP contribution is 2.19. The fourth-order valence-corrected chi connectivity index (χ4v) is 2.88. The summed E-state index contributed by atoms with van der Waals surface area (Å²) in [7, 11) is 0. The van der Waals surface area contributed by atoms with Crippen LogP contribution in [0.2, 0.25) is 0 Å². The number of hydrogen-bond donors (Lipinski definition) is 1. The predicted molar refractivity (Wildman–Crippen MR) is 71.3 cm³/mol. The van der Waals surface area contributed by atoms with Crippen LogP contribution in [0, 0.1) is 5.92 Å². The van der Waals surface area contributed by atoms with Gasteiger partial charge in [0.15, 0.2) is 0 Å². The minimum absolute atomic E-state index is 0.558. The second-order valence-corrected chi connectivity index (χ2v) is 5.94. The van der Waals surface area contributed by atoms with Crippen molar-refractivity contribution in [3.63, 3.8) is 0 Å². The van der Waals surface area contributed by atoms with Crippen molar-refractivity contribution in [2.75, 3.05) is 32.8 Å². The van der Waals surface area contributed by atoms with Gasteiger partial charge in [0.2, 0.25) is 0 Å². The van der Waals surface area contributed by atoms with Gasteiger partial charge in [-0.3, -0.25) is 0 Å². The number of ether oxygens (including phenoxy) is 1. The summed E-state index contributed by atoms with van der Waals surface area (Å²) >= 11 is 0. The second-order valence-electron chi connectivity index (χ2n) is 5.94. The first-order chi connectivity index (χ1) is 8.24. The molecule has 2 atom stereocenters. The zero-order valence-electron chi connectivity index (χ0n) is 11.5. The van der Waals surface area contributed by atoms with Crippen molar-refractivity contribution in [3.05, 3.63) is 0 Å². The Hall–Kier alpha value is -0.120. The van der Waals surface area contributed by atoms with Gasteiger partial charge < -0.3 is 15.0 Å². The van der Waals surface area contributed by atoms with E-state index in [4.69, 9.17) is 4.74 Å². The Morgan fingerprint density at radius 1 is 1.35 bits per heavy atom. The number of rotatable bonds is 6. The highest BCUT2D eigenvalue weighted by atomic mass is 16.5. The summed E-state index contributed by atoms with van der Waals surface area (Å²) in [5.74, 6) is 0.863. The molecule has 3 heteroatoms. The molecule has 0 aromatic heterocycles. The summed E-state index contributed by atoms with van der Waals surface area (Å²) < 4.78 is 5.68. The number of nitrogens with one attached hydrogen (secondary N) is 1. The van der Waals surface area contributed by atoms with E-state index in [1.807, 2.05) is 0 Å². The summed E-state index contributed by atoms with van der Waals surface area (Å²) in [4.78, 5) is 2.62. The lowest BCUT2D eigenvalue weighted by atomic mass is 10.1. The summed E-state index contributed by atoms with van der Waals surface area (Å²) in [6.45, 7) is 10.4. The van der Waals surface area contributed by atoms with E-state index in [1.54, 1.807) is 0 Å². The maximum Gasteiger partial charge on any atom is 0.0588 e. The highest BCUT2D eigenvalue weighted by molar-refractivity contribution is 4.79. The lowest BCUT2D eigenvalue weighted by molar-refractivity contribution is 0.0945. The van der Waals surface area contributed by atoms with Gasteiger partial charge in [-0.05, 0) is 44.7 Å². The van der Waals surface area contributed by atoms with E-state index in [9.17, 15) is 0 Å². The highest BCUT2D eigenvalue weighted by Gasteiger charge is 2.23. The van der Waals surface area contributed by atoms with Gasteiger partial charge >= 0.3 is 0 Å². The van der Waals surface area contributed by atoms with E-state index in [-0.39, 0.29) is 0 Å². The molecule has 2 rings (SSSR count). The van der Waals surface area contributed by atoms with Crippen LogP contribution < -0.4 is 5.32 Å². The molecule has 0 amide bonds. The Balaban J connectivity index is 1.57. The summed E-state index contributed by atoms with van der Waals surface area (Å²) in [5, 5.41) is 3.55. The van der Waals surface area contributed by atoms with Gasteiger partial charge in [-0.15, -0.1) is 0 Å². The fourth-order valence-electron chi connectivity index (χ4n) is 2.88. The lowest BCUT2D eigenvalue weighted by Gasteiger charge is -2.19. The Morgan fingerprint density at radius 3 is 2.94 bits per heavy atom. The number of likely N-dealkylation sites (tertiary alicyclic amines) is 1. The van der Waals surface area contributed by atoms with Crippen LogP contribution in [0.3, 0.4) is 0 Å². The Morgan fingerprint density at radius 2 is 2.24 bits per heavy atom. The molecule has 1 N–H and O–H groups in total. The van der Waals surface area contributed by atoms with Crippen LogP contribution in [0.1, 0.15) is 39.5 Å². The Bertz CT molecular complexity index is 214. The second kappa shape index (κ2) is 6.72. The molecule has 2 fully saturated rings. The van der Waals surface area contributed by atoms with Crippen LogP contribution in [-0.2, 0) is 4.74 Å². The third-order valence-electron chi connectivity index (χ3n) is 3.98. The van der Waals surface area contributed by atoms with Crippen LogP contribution in [-0.4, -0.2) is 49.8 Å². The van der Waals surface area contributed by atoms with Crippen LogP contribution in [0.5, 0.6) is 0 Å². The maximum atomic E-state index is 5.68. The molecule has 0 bridgehead atoms. The molecular weight excluding hydrogens is 212 g/mol. The molecule has 2 saturated heterocycles. The van der Waals surface area contributed by atoms with Crippen molar-refractivity contribution in [2.24, 2.45) is 5.92 Å². The third-order valence-corrected chi connectivity index (χ3v) is 3.98. The molecule has 0 aromatic carbocycles. The summed E-state index contributed by atoms with van der Waals surface area (Å²) in [5.41, 5.74) is 0. The molecule has 0 radical (unpaired) electrons. The summed E-state index contributed by atoms with van der Waals surface area (Å²) in [6, 6.07) is 0.621. The average molecular weight is 240 g/mol. The molecule has 2 aliphatic rings. The van der Waals surface area contributed by atoms with E-state index in [0.29, 0.717) is 12.1 Å². The monoisotopic (exact) mass is 240 g/mol. The van der Waals surface area contributed by atoms with Gasteiger partial charge in [0, 0.05) is 25.7 Å². The molecular formula is C14H28N2O. The SMILES string of the molecule is CC(C)NCC1CCN(CCC2CCCO2)C1. The van der Waals surface area contributed by atoms with Crippen LogP contribution in [0.4, 0.5) is 0 Å². The first-order valence-electron chi connectivity index (χ1n) is 7.31. The number of hydrogen-bond acceptors (Lipinski definition) is 3. The van der Waals surface area contributed by atoms with Gasteiger partial charge in [0.1, 0.15) is 0 Å². The normalized spacial score (nSPS) is 30.5. The van der Waals surface area contributed by atoms with Crippen molar-refractivity contribution in [3.8, 4) is 0 Å². The van der Waals surface area contributed by atoms with E-state index < -0.39 is 0 Å². The largest absolute Gasteiger partial charge is 0.378 e. The van der Waals surface area contributed by atoms with Gasteiger partial charge in [0.05, 0.1) is 6.10 Å². The van der Waals surface area contributed by atoms with E-state index in [0.717, 1.165) is 12.5 Å². The van der Waals surface area contributed by atoms with E-state index in [2.05, 4.69) is 24.1 Å². The molecule has 0 spiro atoms. The zero-order valence-corrected chi connectivity index (χ0v) is 11.5. The van der Waals surface area contributed by atoms with Crippen molar-refractivity contribution in [1.82, 2.24) is 10.2 Å². The summed E-state index contributed by atoms with van der Waals surface area (Å²) in [6.07, 6.45) is 5.72. The molecule has 17 heavy (non-hydrogen) atoms. The molecule has 3 nitrogen and oxygen atoms in total. The van der Waals surface area contributed by atoms with E-state index >= 15 is 0 Å². The van der Waals surface area contributed by atoms with Crippen LogP contribution >= 0.6 is 0 Å². The third kappa shape index (κ3) is 4.57. The minimum atomic E-state index is 0.558. The van der Waals surface area contributed by atoms with Gasteiger partial charge in [-0.25, -0.2) is 0 Å². The Kier molecular flexibility index (Phi) is 5.26. The standard InChI is InChI=1S/C14H28N2O/c1-12(2)15-10-13-5-7-16(11-13)8-6-14-4-3-9-17-14/h12-15H,3-11H2,1-2H3. The van der Waals surface area contributed by atoms with Gasteiger partial charge in [0.25, 0.3) is 0 Å². The predicted octanol–water partition coefficient (Wildman–Crippen LogP) is 1.88.